The summed E-state index contributed by atoms with van der Waals surface area (Å²) in [7, 11) is -3.48. The molecule has 8 nitrogen and oxygen atoms in total. The zero-order valence-electron chi connectivity index (χ0n) is 17.9. The van der Waals surface area contributed by atoms with E-state index in [0.29, 0.717) is 30.2 Å². The number of aryl methyl sites for hydroxylation is 1. The molecule has 2 N–H and O–H groups in total. The first kappa shape index (κ1) is 22.3. The minimum absolute atomic E-state index is 0.0962. The van der Waals surface area contributed by atoms with Gasteiger partial charge in [-0.1, -0.05) is 18.2 Å². The van der Waals surface area contributed by atoms with Crippen LogP contribution in [0.25, 0.3) is 0 Å². The molecule has 0 aromatic heterocycles. The number of nitrogens with one attached hydrogen (secondary N) is 2. The Kier molecular flexibility index (Phi) is 6.76. The Hall–Kier alpha value is -2.91. The van der Waals surface area contributed by atoms with E-state index in [1.165, 1.54) is 4.31 Å². The largest absolute Gasteiger partial charge is 0.337 e. The van der Waals surface area contributed by atoms with Gasteiger partial charge in [-0.2, -0.15) is 4.31 Å². The Balaban J connectivity index is 1.37. The number of para-hydroxylation sites is 1. The number of urea groups is 1. The third kappa shape index (κ3) is 4.94. The molecule has 3 amide bonds. The molecule has 170 valence electrons. The summed E-state index contributed by atoms with van der Waals surface area (Å²) in [6.45, 7) is 1.93. The third-order valence-corrected chi connectivity index (χ3v) is 7.72. The van der Waals surface area contributed by atoms with Crippen LogP contribution in [0.3, 0.4) is 0 Å². The van der Waals surface area contributed by atoms with Crippen LogP contribution in [0.5, 0.6) is 0 Å². The highest BCUT2D eigenvalue weighted by Gasteiger charge is 2.29. The molecule has 1 fully saturated rings. The first-order valence-corrected chi connectivity index (χ1v) is 12.4. The zero-order valence-corrected chi connectivity index (χ0v) is 18.7. The Labute approximate surface area is 188 Å². The number of nitrogens with zero attached hydrogens (tertiary/aromatic N) is 2. The predicted octanol–water partition coefficient (Wildman–Crippen LogP) is 2.96. The van der Waals surface area contributed by atoms with E-state index in [1.807, 2.05) is 18.2 Å². The van der Waals surface area contributed by atoms with Crippen molar-refractivity contribution in [2.24, 2.45) is 0 Å². The second-order valence-electron chi connectivity index (χ2n) is 8.05. The number of carbonyl (C=O) groups is 2. The van der Waals surface area contributed by atoms with Crippen LogP contribution in [-0.2, 0) is 21.2 Å². The summed E-state index contributed by atoms with van der Waals surface area (Å²) in [5.41, 5.74) is 2.32. The molecule has 0 saturated carbocycles. The summed E-state index contributed by atoms with van der Waals surface area (Å²) in [4.78, 5) is 26.8. The molecule has 2 aromatic carbocycles. The second kappa shape index (κ2) is 9.70. The Bertz CT molecular complexity index is 1080. The topological polar surface area (TPSA) is 98.8 Å². The van der Waals surface area contributed by atoms with Gasteiger partial charge in [-0.15, -0.1) is 0 Å². The second-order valence-corrected chi connectivity index (χ2v) is 9.99. The summed E-state index contributed by atoms with van der Waals surface area (Å²) >= 11 is 0. The number of hydrogen-bond acceptors (Lipinski definition) is 4. The van der Waals surface area contributed by atoms with Crippen molar-refractivity contribution in [2.45, 2.75) is 37.0 Å². The number of carbonyl (C=O) groups excluding carboxylic acids is 2. The molecule has 2 aliphatic heterocycles. The van der Waals surface area contributed by atoms with Crippen molar-refractivity contribution < 1.29 is 18.0 Å². The summed E-state index contributed by atoms with van der Waals surface area (Å²) in [5, 5.41) is 5.42. The van der Waals surface area contributed by atoms with Gasteiger partial charge in [-0.3, -0.25) is 4.79 Å². The smallest absolute Gasteiger partial charge is 0.319 e. The molecule has 0 spiro atoms. The van der Waals surface area contributed by atoms with Gasteiger partial charge in [-0.05, 0) is 61.6 Å². The fourth-order valence-corrected chi connectivity index (χ4v) is 5.75. The lowest BCUT2D eigenvalue weighted by Gasteiger charge is -2.30. The van der Waals surface area contributed by atoms with E-state index >= 15 is 0 Å². The molecule has 0 atom stereocenters. The van der Waals surface area contributed by atoms with Gasteiger partial charge in [0.1, 0.15) is 0 Å². The highest BCUT2D eigenvalue weighted by Crippen LogP contribution is 2.31. The van der Waals surface area contributed by atoms with Crippen LogP contribution in [0, 0.1) is 0 Å². The average molecular weight is 457 g/mol. The van der Waals surface area contributed by atoms with E-state index in [4.69, 9.17) is 0 Å². The molecule has 2 heterocycles. The molecular weight excluding hydrogens is 428 g/mol. The number of rotatable bonds is 6. The summed E-state index contributed by atoms with van der Waals surface area (Å²) in [6, 6.07) is 13.8. The van der Waals surface area contributed by atoms with Gasteiger partial charge in [0.25, 0.3) is 0 Å². The third-order valence-electron chi connectivity index (χ3n) is 5.83. The predicted molar refractivity (Wildman–Crippen MR) is 123 cm³/mol. The van der Waals surface area contributed by atoms with Crippen molar-refractivity contribution in [2.75, 3.05) is 36.4 Å². The molecule has 4 rings (SSSR count). The van der Waals surface area contributed by atoms with Crippen LogP contribution in [0.15, 0.2) is 53.4 Å². The average Bonchev–Trinajstić information content (AvgIpc) is 3.35. The van der Waals surface area contributed by atoms with Gasteiger partial charge in [0, 0.05) is 44.0 Å². The van der Waals surface area contributed by atoms with E-state index in [-0.39, 0.29) is 24.9 Å². The lowest BCUT2D eigenvalue weighted by molar-refractivity contribution is -0.118. The maximum atomic E-state index is 12.9. The number of sulfonamides is 1. The lowest BCUT2D eigenvalue weighted by atomic mass is 10.0. The molecule has 1 saturated heterocycles. The Morgan fingerprint density at radius 2 is 1.69 bits per heavy atom. The van der Waals surface area contributed by atoms with Crippen LogP contribution < -0.4 is 15.5 Å². The fourth-order valence-electron chi connectivity index (χ4n) is 4.19. The molecule has 0 aliphatic carbocycles. The number of hydrogen-bond donors (Lipinski definition) is 2. The van der Waals surface area contributed by atoms with Gasteiger partial charge in [0.05, 0.1) is 4.90 Å². The van der Waals surface area contributed by atoms with Gasteiger partial charge in [-0.25, -0.2) is 13.2 Å². The highest BCUT2D eigenvalue weighted by molar-refractivity contribution is 7.89. The van der Waals surface area contributed by atoms with Crippen LogP contribution >= 0.6 is 0 Å². The highest BCUT2D eigenvalue weighted by atomic mass is 32.2. The maximum Gasteiger partial charge on any atom is 0.319 e. The molecule has 0 bridgehead atoms. The van der Waals surface area contributed by atoms with Gasteiger partial charge in [0.15, 0.2) is 0 Å². The van der Waals surface area contributed by atoms with Crippen LogP contribution in [0.2, 0.25) is 0 Å². The summed E-state index contributed by atoms with van der Waals surface area (Å²) < 4.78 is 27.3. The van der Waals surface area contributed by atoms with Crippen molar-refractivity contribution in [3.05, 3.63) is 54.1 Å². The first-order chi connectivity index (χ1) is 15.4. The Morgan fingerprint density at radius 1 is 0.938 bits per heavy atom. The van der Waals surface area contributed by atoms with Crippen molar-refractivity contribution in [1.29, 1.82) is 0 Å². The Morgan fingerprint density at radius 3 is 2.44 bits per heavy atom. The van der Waals surface area contributed by atoms with Crippen LogP contribution in [0.4, 0.5) is 16.2 Å². The number of benzene rings is 2. The van der Waals surface area contributed by atoms with Crippen molar-refractivity contribution in [1.82, 2.24) is 9.62 Å². The minimum atomic E-state index is -3.48. The van der Waals surface area contributed by atoms with E-state index in [9.17, 15) is 18.0 Å². The van der Waals surface area contributed by atoms with E-state index in [1.54, 1.807) is 35.2 Å². The minimum Gasteiger partial charge on any atom is -0.337 e. The molecule has 0 radical (unpaired) electrons. The van der Waals surface area contributed by atoms with Crippen LogP contribution in [-0.4, -0.2) is 50.8 Å². The van der Waals surface area contributed by atoms with Crippen LogP contribution in [0.1, 0.15) is 31.2 Å². The van der Waals surface area contributed by atoms with E-state index < -0.39 is 10.0 Å². The van der Waals surface area contributed by atoms with Gasteiger partial charge < -0.3 is 15.5 Å². The van der Waals surface area contributed by atoms with Gasteiger partial charge in [0.2, 0.25) is 15.9 Å². The van der Waals surface area contributed by atoms with Crippen molar-refractivity contribution in [3.8, 4) is 0 Å². The molecule has 2 aromatic rings. The molecular formula is C23H28N4O4S. The molecule has 32 heavy (non-hydrogen) atoms. The molecule has 2 aliphatic rings. The van der Waals surface area contributed by atoms with Crippen molar-refractivity contribution in [3.63, 3.8) is 0 Å². The van der Waals surface area contributed by atoms with Crippen molar-refractivity contribution >= 4 is 33.3 Å². The number of fused-ring (bicyclic) bond motifs is 1. The standard InChI is InChI=1S/C23H28N4O4S/c28-22(12-13-24-23(29)25-19-8-2-1-3-9-19)27-16-6-7-18-17-20(10-11-21(18)27)32(30,31)26-14-4-5-15-26/h1-3,8-11,17H,4-7,12-16H2,(H2,24,25,29). The lowest BCUT2D eigenvalue weighted by Crippen LogP contribution is -2.38. The molecule has 0 unspecified atom stereocenters. The van der Waals surface area contributed by atoms with Gasteiger partial charge >= 0.3 is 6.03 Å². The zero-order chi connectivity index (χ0) is 22.6. The molecule has 9 heteroatoms. The summed E-state index contributed by atoms with van der Waals surface area (Å²) in [6.07, 6.45) is 3.46. The SMILES string of the molecule is O=C(NCCC(=O)N1CCCc2cc(S(=O)(=O)N3CCCC3)ccc21)Nc1ccccc1. The monoisotopic (exact) mass is 456 g/mol. The quantitative estimate of drug-likeness (QED) is 0.698. The normalized spacial score (nSPS) is 16.4. The summed E-state index contributed by atoms with van der Waals surface area (Å²) in [5.74, 6) is -0.0962. The number of amides is 3. The first-order valence-electron chi connectivity index (χ1n) is 11.0. The van der Waals surface area contributed by atoms with E-state index in [0.717, 1.165) is 36.9 Å². The van der Waals surface area contributed by atoms with E-state index in [2.05, 4.69) is 10.6 Å². The number of anilines is 2. The fraction of sp³-hybridized carbons (Fsp3) is 0.391. The maximum absolute atomic E-state index is 12.9.